The van der Waals surface area contributed by atoms with Gasteiger partial charge in [-0.3, -0.25) is 9.59 Å². The fourth-order valence-corrected chi connectivity index (χ4v) is 7.09. The van der Waals surface area contributed by atoms with Gasteiger partial charge in [0.15, 0.2) is 12.6 Å². The molecule has 2 N–H and O–H groups in total. The fraction of sp³-hybridized carbons (Fsp3) is 0.467. The maximum absolute atomic E-state index is 12.1. The number of fused-ring (bicyclic) bond motifs is 3. The van der Waals surface area contributed by atoms with Crippen molar-refractivity contribution in [2.24, 2.45) is 29.6 Å². The van der Waals surface area contributed by atoms with Crippen molar-refractivity contribution in [2.45, 2.75) is 58.5 Å². The van der Waals surface area contributed by atoms with Gasteiger partial charge in [0, 0.05) is 17.4 Å². The van der Waals surface area contributed by atoms with Gasteiger partial charge in [0.25, 0.3) is 0 Å². The number of ether oxygens (including phenoxy) is 1. The molecule has 5 nitrogen and oxygen atoms in total. The molecule has 0 unspecified atom stereocenters. The Kier molecular flexibility index (Phi) is 5.77. The summed E-state index contributed by atoms with van der Waals surface area (Å²) >= 11 is 0. The van der Waals surface area contributed by atoms with Crippen molar-refractivity contribution < 1.29 is 24.5 Å². The van der Waals surface area contributed by atoms with Crippen molar-refractivity contribution in [2.75, 3.05) is 0 Å². The first kappa shape index (κ1) is 23.7. The lowest BCUT2D eigenvalue weighted by Crippen LogP contribution is -2.51. The molecule has 0 radical (unpaired) electrons. The van der Waals surface area contributed by atoms with E-state index in [0.717, 1.165) is 18.4 Å². The summed E-state index contributed by atoms with van der Waals surface area (Å²) in [6.45, 7) is 8.95. The van der Waals surface area contributed by atoms with E-state index in [1.54, 1.807) is 0 Å². The van der Waals surface area contributed by atoms with E-state index < -0.39 is 11.4 Å². The monoisotopic (exact) mass is 474 g/mol. The number of phenolic OH excluding ortho intramolecular Hbond substituents is 2. The molecule has 0 spiro atoms. The van der Waals surface area contributed by atoms with Crippen molar-refractivity contribution in [1.29, 1.82) is 0 Å². The molecule has 184 valence electrons. The van der Waals surface area contributed by atoms with Crippen LogP contribution in [0.15, 0.2) is 42.0 Å². The van der Waals surface area contributed by atoms with Crippen molar-refractivity contribution in [1.82, 2.24) is 0 Å². The second-order valence-electron chi connectivity index (χ2n) is 11.2. The lowest BCUT2D eigenvalue weighted by Gasteiger charge is -2.54. The van der Waals surface area contributed by atoms with Crippen molar-refractivity contribution in [3.63, 3.8) is 0 Å². The molecule has 6 atom stereocenters. The van der Waals surface area contributed by atoms with E-state index in [-0.39, 0.29) is 34.5 Å². The van der Waals surface area contributed by atoms with Crippen LogP contribution in [0, 0.1) is 29.6 Å². The Hall–Kier alpha value is -3.08. The zero-order valence-corrected chi connectivity index (χ0v) is 20.8. The number of phenols is 2. The smallest absolute Gasteiger partial charge is 0.157 e. The summed E-state index contributed by atoms with van der Waals surface area (Å²) in [7, 11) is 0. The first-order valence-corrected chi connectivity index (χ1v) is 12.7. The van der Waals surface area contributed by atoms with Crippen LogP contribution in [0.4, 0.5) is 0 Å². The Morgan fingerprint density at radius 3 is 2.34 bits per heavy atom. The molecule has 0 amide bonds. The Morgan fingerprint density at radius 1 is 1.03 bits per heavy atom. The second kappa shape index (κ2) is 8.54. The van der Waals surface area contributed by atoms with E-state index in [0.29, 0.717) is 41.8 Å². The summed E-state index contributed by atoms with van der Waals surface area (Å²) < 4.78 is 6.63. The summed E-state index contributed by atoms with van der Waals surface area (Å²) in [6.07, 6.45) is 6.45. The molecule has 1 saturated carbocycles. The molecule has 1 heterocycles. The van der Waals surface area contributed by atoms with Crippen LogP contribution >= 0.6 is 0 Å². The first-order chi connectivity index (χ1) is 16.7. The van der Waals surface area contributed by atoms with Gasteiger partial charge in [-0.05, 0) is 61.5 Å². The van der Waals surface area contributed by atoms with E-state index in [4.69, 9.17) is 4.74 Å². The highest BCUT2D eigenvalue weighted by Crippen LogP contribution is 2.61. The van der Waals surface area contributed by atoms with Crippen LogP contribution in [-0.2, 0) is 0 Å². The summed E-state index contributed by atoms with van der Waals surface area (Å²) in [5.41, 5.74) is 1.77. The van der Waals surface area contributed by atoms with Gasteiger partial charge in [-0.1, -0.05) is 56.7 Å². The highest BCUT2D eigenvalue weighted by Gasteiger charge is 2.54. The Bertz CT molecular complexity index is 1200. The zero-order chi connectivity index (χ0) is 25.1. The normalized spacial score (nSPS) is 31.5. The predicted molar refractivity (Wildman–Crippen MR) is 134 cm³/mol. The Labute approximate surface area is 206 Å². The minimum absolute atomic E-state index is 0.0195. The molecule has 2 aliphatic carbocycles. The third-order valence-corrected chi connectivity index (χ3v) is 8.92. The van der Waals surface area contributed by atoms with Crippen LogP contribution < -0.4 is 4.74 Å². The van der Waals surface area contributed by atoms with E-state index in [9.17, 15) is 19.8 Å². The molecule has 0 saturated heterocycles. The first-order valence-electron chi connectivity index (χ1n) is 12.7. The number of benzene rings is 2. The number of allylic oxidation sites excluding steroid dienone is 1. The lowest BCUT2D eigenvalue weighted by molar-refractivity contribution is 0.00700. The molecule has 3 aliphatic rings. The summed E-state index contributed by atoms with van der Waals surface area (Å²) in [6, 6.07) is 9.91. The molecule has 0 bridgehead atoms. The van der Waals surface area contributed by atoms with Crippen LogP contribution in [0.2, 0.25) is 0 Å². The fourth-order valence-electron chi connectivity index (χ4n) is 7.09. The van der Waals surface area contributed by atoms with Gasteiger partial charge in [0.1, 0.15) is 22.8 Å². The molecule has 1 fully saturated rings. The molecule has 2 aromatic rings. The number of carbonyl (C=O) groups is 2. The maximum Gasteiger partial charge on any atom is 0.157 e. The number of rotatable bonds is 4. The molecule has 0 aromatic heterocycles. The minimum Gasteiger partial charge on any atom is -0.507 e. The van der Waals surface area contributed by atoms with Crippen LogP contribution in [0.3, 0.4) is 0 Å². The topological polar surface area (TPSA) is 83.8 Å². The molecule has 5 heteroatoms. The Morgan fingerprint density at radius 2 is 1.71 bits per heavy atom. The summed E-state index contributed by atoms with van der Waals surface area (Å²) in [5, 5.41) is 21.9. The third-order valence-electron chi connectivity index (χ3n) is 8.92. The SMILES string of the molecule is CC(C)[C@H]1CC[C@H](C)[C@@H]2C[C@H]3[C@@H](c4ccccc4)c4c(O)c(C=O)c(O)c(C=O)c4O[C@@]3(C)C=C21. The van der Waals surface area contributed by atoms with Gasteiger partial charge in [-0.2, -0.15) is 0 Å². The van der Waals surface area contributed by atoms with Gasteiger partial charge in [0.2, 0.25) is 0 Å². The lowest BCUT2D eigenvalue weighted by atomic mass is 9.56. The average molecular weight is 475 g/mol. The second-order valence-corrected chi connectivity index (χ2v) is 11.2. The highest BCUT2D eigenvalue weighted by molar-refractivity contribution is 5.95. The van der Waals surface area contributed by atoms with Crippen LogP contribution in [0.5, 0.6) is 17.2 Å². The molecule has 35 heavy (non-hydrogen) atoms. The summed E-state index contributed by atoms with van der Waals surface area (Å²) in [4.78, 5) is 24.0. The minimum atomic E-state index is -0.733. The van der Waals surface area contributed by atoms with Crippen molar-refractivity contribution >= 4 is 12.6 Å². The number of hydrogen-bond acceptors (Lipinski definition) is 5. The van der Waals surface area contributed by atoms with Gasteiger partial charge in [-0.15, -0.1) is 0 Å². The quantitative estimate of drug-likeness (QED) is 0.403. The number of aldehydes is 2. The predicted octanol–water partition coefficient (Wildman–Crippen LogP) is 6.27. The summed E-state index contributed by atoms with van der Waals surface area (Å²) in [5.74, 6) is 0.983. The van der Waals surface area contributed by atoms with Crippen LogP contribution in [0.25, 0.3) is 0 Å². The maximum atomic E-state index is 12.1. The molecule has 5 rings (SSSR count). The highest BCUT2D eigenvalue weighted by atomic mass is 16.5. The Balaban J connectivity index is 1.80. The standard InChI is InChI=1S/C30H34O5/c1-16(2)19-11-10-17(3)20-12-24-25(18-8-6-5-7-9-18)26-28(34)22(14-31)27(33)23(15-32)29(26)35-30(24,4)13-21(19)20/h5-9,13-17,19-20,24-25,33-34H,10-12H2,1-4H3/t17-,19+,20-,24-,25+,30-/m0/s1. The largest absolute Gasteiger partial charge is 0.507 e. The molecular weight excluding hydrogens is 440 g/mol. The van der Waals surface area contributed by atoms with Crippen LogP contribution in [0.1, 0.15) is 84.7 Å². The molecule has 2 aromatic carbocycles. The van der Waals surface area contributed by atoms with Gasteiger partial charge in [-0.25, -0.2) is 0 Å². The average Bonchev–Trinajstić information content (AvgIpc) is 2.82. The zero-order valence-electron chi connectivity index (χ0n) is 20.8. The van der Waals surface area contributed by atoms with E-state index in [2.05, 4.69) is 33.8 Å². The number of aromatic hydroxyl groups is 2. The van der Waals surface area contributed by atoms with Gasteiger partial charge >= 0.3 is 0 Å². The van der Waals surface area contributed by atoms with Gasteiger partial charge < -0.3 is 14.9 Å². The van der Waals surface area contributed by atoms with E-state index >= 15 is 0 Å². The number of hydrogen-bond donors (Lipinski definition) is 2. The van der Waals surface area contributed by atoms with Gasteiger partial charge in [0.05, 0.1) is 11.1 Å². The van der Waals surface area contributed by atoms with Crippen LogP contribution in [-0.4, -0.2) is 28.4 Å². The number of carbonyl (C=O) groups excluding carboxylic acids is 2. The van der Waals surface area contributed by atoms with Crippen molar-refractivity contribution in [3.8, 4) is 17.2 Å². The van der Waals surface area contributed by atoms with E-state index in [1.165, 1.54) is 12.0 Å². The third kappa shape index (κ3) is 3.50. The van der Waals surface area contributed by atoms with E-state index in [1.807, 2.05) is 30.3 Å². The molecule has 1 aliphatic heterocycles. The molecular formula is C30H34O5. The van der Waals surface area contributed by atoms with Crippen molar-refractivity contribution in [3.05, 3.63) is 64.2 Å².